The van der Waals surface area contributed by atoms with E-state index in [1.807, 2.05) is 31.4 Å². The molecule has 11 heteroatoms. The molecule has 3 heterocycles. The molecule has 1 aliphatic rings. The molecule has 2 aromatic heterocycles. The third-order valence-electron chi connectivity index (χ3n) is 7.71. The number of aliphatic hydroxyl groups is 1. The molecule has 0 saturated heterocycles. The van der Waals surface area contributed by atoms with Gasteiger partial charge in [0.25, 0.3) is 5.56 Å². The van der Waals surface area contributed by atoms with Crippen LogP contribution in [0.1, 0.15) is 50.6 Å². The predicted molar refractivity (Wildman–Crippen MR) is 168 cm³/mol. The van der Waals surface area contributed by atoms with Gasteiger partial charge in [-0.2, -0.15) is 5.10 Å². The van der Waals surface area contributed by atoms with Gasteiger partial charge in [0, 0.05) is 59.6 Å². The van der Waals surface area contributed by atoms with Gasteiger partial charge in [-0.15, -0.1) is 0 Å². The first-order valence-corrected chi connectivity index (χ1v) is 14.8. The van der Waals surface area contributed by atoms with Crippen molar-refractivity contribution >= 4 is 39.8 Å². The number of benzene rings is 2. The molecular formula is C32H36ClN5O5. The number of aliphatic hydroxyl groups excluding tert-OH is 1. The monoisotopic (exact) mass is 605 g/mol. The lowest BCUT2D eigenvalue weighted by atomic mass is 9.94. The number of amides is 1. The number of rotatable bonds is 12. The van der Waals surface area contributed by atoms with E-state index in [1.54, 1.807) is 29.1 Å². The van der Waals surface area contributed by atoms with E-state index in [4.69, 9.17) is 21.2 Å². The van der Waals surface area contributed by atoms with Crippen LogP contribution < -0.4 is 15.6 Å². The van der Waals surface area contributed by atoms with Crippen LogP contribution in [0.3, 0.4) is 0 Å². The minimum atomic E-state index is -0.810. The van der Waals surface area contributed by atoms with E-state index in [-0.39, 0.29) is 24.0 Å². The molecule has 0 radical (unpaired) electrons. The Morgan fingerprint density at radius 3 is 2.72 bits per heavy atom. The topological polar surface area (TPSA) is 120 Å². The first kappa shape index (κ1) is 30.3. The zero-order valence-corrected chi connectivity index (χ0v) is 25.3. The summed E-state index contributed by atoms with van der Waals surface area (Å²) < 4.78 is 8.96. The van der Waals surface area contributed by atoms with Gasteiger partial charge in [0.2, 0.25) is 5.91 Å². The number of nitrogens with one attached hydrogen (secondary N) is 1. The van der Waals surface area contributed by atoms with Crippen LogP contribution in [0.25, 0.3) is 22.0 Å². The molecule has 2 aromatic carbocycles. The first-order valence-electron chi connectivity index (χ1n) is 14.4. The number of halogens is 1. The second-order valence-corrected chi connectivity index (χ2v) is 11.4. The van der Waals surface area contributed by atoms with Gasteiger partial charge < -0.3 is 20.0 Å². The average Bonchev–Trinajstić information content (AvgIpc) is 3.65. The predicted octanol–water partition coefficient (Wildman–Crippen LogP) is 5.56. The Bertz CT molecular complexity index is 1710. The zero-order chi connectivity index (χ0) is 30.5. The van der Waals surface area contributed by atoms with Gasteiger partial charge in [-0.05, 0) is 54.7 Å². The fraction of sp³-hybridized carbons (Fsp3) is 0.375. The van der Waals surface area contributed by atoms with Crippen LogP contribution in [-0.2, 0) is 16.7 Å². The second kappa shape index (κ2) is 13.4. The third kappa shape index (κ3) is 6.92. The molecule has 0 bridgehead atoms. The molecular weight excluding hydrogens is 570 g/mol. The summed E-state index contributed by atoms with van der Waals surface area (Å²) in [5.41, 5.74) is 3.89. The number of pyridine rings is 1. The Morgan fingerprint density at radius 2 is 1.98 bits per heavy atom. The number of fused-ring (bicyclic) bond motifs is 1. The summed E-state index contributed by atoms with van der Waals surface area (Å²) >= 11 is 6.39. The van der Waals surface area contributed by atoms with Crippen molar-refractivity contribution in [3.63, 3.8) is 0 Å². The maximum atomic E-state index is 13.9. The lowest BCUT2D eigenvalue weighted by Crippen LogP contribution is -2.34. The maximum absolute atomic E-state index is 13.9. The summed E-state index contributed by atoms with van der Waals surface area (Å²) in [5, 5.41) is 22.2. The number of hydrogen-bond acceptors (Lipinski definition) is 7. The number of hydrogen-bond donors (Lipinski definition) is 2. The highest BCUT2D eigenvalue weighted by atomic mass is 35.5. The Hall–Kier alpha value is -4.15. The fourth-order valence-electron chi connectivity index (χ4n) is 5.53. The molecule has 10 nitrogen and oxygen atoms in total. The van der Waals surface area contributed by atoms with Crippen molar-refractivity contribution in [1.82, 2.24) is 14.3 Å². The van der Waals surface area contributed by atoms with Crippen LogP contribution in [-0.4, -0.2) is 51.4 Å². The maximum Gasteiger partial charge on any atom is 0.252 e. The average molecular weight is 606 g/mol. The zero-order valence-electron chi connectivity index (χ0n) is 24.5. The Morgan fingerprint density at radius 1 is 1.14 bits per heavy atom. The van der Waals surface area contributed by atoms with Gasteiger partial charge in [-0.25, -0.2) is 0 Å². The highest BCUT2D eigenvalue weighted by Crippen LogP contribution is 2.35. The largest absolute Gasteiger partial charge is 0.495 e. The van der Waals surface area contributed by atoms with Crippen molar-refractivity contribution in [2.45, 2.75) is 45.1 Å². The van der Waals surface area contributed by atoms with Crippen LogP contribution in [0.5, 0.6) is 5.75 Å². The first-order chi connectivity index (χ1) is 20.8. The highest BCUT2D eigenvalue weighted by molar-refractivity contribution is 6.31. The van der Waals surface area contributed by atoms with Crippen LogP contribution in [0.15, 0.2) is 64.8 Å². The molecule has 0 saturated carbocycles. The molecule has 0 aliphatic carbocycles. The Labute approximate surface area is 254 Å². The van der Waals surface area contributed by atoms with Crippen LogP contribution >= 0.6 is 11.6 Å². The summed E-state index contributed by atoms with van der Waals surface area (Å²) in [6.45, 7) is 2.66. The minimum absolute atomic E-state index is 0.112. The Balaban J connectivity index is 1.53. The number of oxime groups is 1. The van der Waals surface area contributed by atoms with E-state index >= 15 is 0 Å². The number of nitrogens with zero attached hydrogens (tertiary/aromatic N) is 4. The SMILES string of the molecule is COc1cn(C(C[C@@H](C)CCCCO)C(=O)Nc2ccc3nn(C)cc3c2)c(=O)cc1-c1cc(Cl)ccc1C1=NOCC1. The van der Waals surface area contributed by atoms with Gasteiger partial charge in [-0.3, -0.25) is 18.8 Å². The van der Waals surface area contributed by atoms with E-state index in [0.29, 0.717) is 53.5 Å². The number of anilines is 1. The molecule has 0 fully saturated rings. The van der Waals surface area contributed by atoms with Crippen LogP contribution in [0, 0.1) is 5.92 Å². The highest BCUT2D eigenvalue weighted by Gasteiger charge is 2.27. The minimum Gasteiger partial charge on any atom is -0.495 e. The van der Waals surface area contributed by atoms with Gasteiger partial charge in [0.1, 0.15) is 18.4 Å². The lowest BCUT2D eigenvalue weighted by Gasteiger charge is -2.24. The van der Waals surface area contributed by atoms with Crippen LogP contribution in [0.4, 0.5) is 5.69 Å². The van der Waals surface area contributed by atoms with E-state index in [2.05, 4.69) is 22.5 Å². The number of carbonyl (C=O) groups is 1. The summed E-state index contributed by atoms with van der Waals surface area (Å²) in [5.74, 6) is 0.223. The van der Waals surface area contributed by atoms with E-state index < -0.39 is 6.04 Å². The Kier molecular flexibility index (Phi) is 9.47. The summed E-state index contributed by atoms with van der Waals surface area (Å²) in [4.78, 5) is 32.9. The standard InChI is InChI=1S/C32H36ClN5O5/c1-20(6-4-5-12-39)14-29(32(41)34-23-8-10-27-21(15-23)18-37(2)35-27)38-19-30(42-3)26(17-31(38)40)25-16-22(33)7-9-24(25)28-11-13-43-36-28/h7-10,15-20,29,39H,4-6,11-14H2,1-3H3,(H,34,41)/t20-,29?/m0/s1. The third-order valence-corrected chi connectivity index (χ3v) is 7.94. The van der Waals surface area contributed by atoms with Crippen molar-refractivity contribution in [2.24, 2.45) is 18.1 Å². The molecule has 0 spiro atoms. The van der Waals surface area contributed by atoms with Crippen LogP contribution in [0.2, 0.25) is 5.02 Å². The normalized spacial score (nSPS) is 14.3. The quantitative estimate of drug-likeness (QED) is 0.204. The van der Waals surface area contributed by atoms with E-state index in [0.717, 1.165) is 35.0 Å². The number of aryl methyl sites for hydroxylation is 1. The fourth-order valence-corrected chi connectivity index (χ4v) is 5.71. The molecule has 1 amide bonds. The van der Waals surface area contributed by atoms with Crippen molar-refractivity contribution in [2.75, 3.05) is 25.6 Å². The lowest BCUT2D eigenvalue weighted by molar-refractivity contribution is -0.119. The van der Waals surface area contributed by atoms with Gasteiger partial charge in [0.05, 0.1) is 24.5 Å². The van der Waals surface area contributed by atoms with Crippen molar-refractivity contribution < 1.29 is 19.5 Å². The van der Waals surface area contributed by atoms with Gasteiger partial charge in [-0.1, -0.05) is 42.6 Å². The summed E-state index contributed by atoms with van der Waals surface area (Å²) in [7, 11) is 3.38. The van der Waals surface area contributed by atoms with Crippen molar-refractivity contribution in [1.29, 1.82) is 0 Å². The number of methoxy groups -OCH3 is 1. The molecule has 5 rings (SSSR count). The molecule has 1 unspecified atom stereocenters. The van der Waals surface area contributed by atoms with E-state index in [1.165, 1.54) is 17.7 Å². The van der Waals surface area contributed by atoms with E-state index in [9.17, 15) is 14.7 Å². The number of carbonyl (C=O) groups excluding carboxylic acids is 1. The number of ether oxygens (including phenoxy) is 1. The second-order valence-electron chi connectivity index (χ2n) is 11.0. The van der Waals surface area contributed by atoms with Crippen molar-refractivity contribution in [3.8, 4) is 16.9 Å². The molecule has 2 atom stereocenters. The van der Waals surface area contributed by atoms with Crippen molar-refractivity contribution in [3.05, 3.63) is 75.8 Å². The van der Waals surface area contributed by atoms with Gasteiger partial charge in [0.15, 0.2) is 0 Å². The number of unbranched alkanes of at least 4 members (excludes halogenated alkanes) is 1. The smallest absolute Gasteiger partial charge is 0.252 e. The van der Waals surface area contributed by atoms with Gasteiger partial charge >= 0.3 is 0 Å². The summed E-state index contributed by atoms with van der Waals surface area (Å²) in [6.07, 6.45) is 6.86. The molecule has 2 N–H and O–H groups in total. The molecule has 1 aliphatic heterocycles. The summed E-state index contributed by atoms with van der Waals surface area (Å²) in [6, 6.07) is 11.6. The molecule has 226 valence electrons. The molecule has 4 aromatic rings. The molecule has 43 heavy (non-hydrogen) atoms. The number of aromatic nitrogens is 3.